The van der Waals surface area contributed by atoms with Gasteiger partial charge in [0.15, 0.2) is 0 Å². The Hall–Kier alpha value is -0.930. The van der Waals surface area contributed by atoms with Crippen molar-refractivity contribution in [3.8, 4) is 0 Å². The lowest BCUT2D eigenvalue weighted by atomic mass is 9.85. The first kappa shape index (κ1) is 13.5. The van der Waals surface area contributed by atoms with Crippen LogP contribution in [0.25, 0.3) is 0 Å². The molecule has 1 fully saturated rings. The molecule has 0 aromatic heterocycles. The van der Waals surface area contributed by atoms with E-state index in [0.29, 0.717) is 12.0 Å². The summed E-state index contributed by atoms with van der Waals surface area (Å²) < 4.78 is 19.0. The number of hydrogen-bond donors (Lipinski definition) is 1. The zero-order valence-corrected chi connectivity index (χ0v) is 11.4. The molecule has 0 amide bonds. The van der Waals surface area contributed by atoms with E-state index in [0.717, 1.165) is 25.0 Å². The van der Waals surface area contributed by atoms with Crippen LogP contribution in [0.5, 0.6) is 0 Å². The van der Waals surface area contributed by atoms with E-state index in [1.807, 2.05) is 20.0 Å². The van der Waals surface area contributed by atoms with Crippen LogP contribution in [0.15, 0.2) is 18.2 Å². The third-order valence-corrected chi connectivity index (χ3v) is 3.97. The largest absolute Gasteiger partial charge is 0.378 e. The first-order valence-corrected chi connectivity index (χ1v) is 6.72. The Morgan fingerprint density at radius 1 is 1.50 bits per heavy atom. The summed E-state index contributed by atoms with van der Waals surface area (Å²) in [6, 6.07) is 5.30. The molecule has 1 aliphatic heterocycles. The van der Waals surface area contributed by atoms with Crippen molar-refractivity contribution in [2.24, 2.45) is 5.92 Å². The highest BCUT2D eigenvalue weighted by Crippen LogP contribution is 2.35. The fourth-order valence-corrected chi connectivity index (χ4v) is 3.06. The molecule has 2 rings (SSSR count). The zero-order chi connectivity index (χ0) is 13.1. The van der Waals surface area contributed by atoms with Crippen molar-refractivity contribution < 1.29 is 9.13 Å². The number of ether oxygens (including phenoxy) is 1. The van der Waals surface area contributed by atoms with E-state index in [9.17, 15) is 4.39 Å². The van der Waals surface area contributed by atoms with Crippen LogP contribution in [0.2, 0.25) is 0 Å². The SMILES string of the molecule is CCC1OCCC1C(NC)c1ccc(F)cc1C. The van der Waals surface area contributed by atoms with Gasteiger partial charge in [0.1, 0.15) is 5.82 Å². The predicted octanol–water partition coefficient (Wildman–Crippen LogP) is 3.21. The van der Waals surface area contributed by atoms with Gasteiger partial charge in [-0.2, -0.15) is 0 Å². The van der Waals surface area contributed by atoms with Crippen LogP contribution in [0.1, 0.15) is 36.9 Å². The van der Waals surface area contributed by atoms with Gasteiger partial charge in [0.05, 0.1) is 6.10 Å². The smallest absolute Gasteiger partial charge is 0.123 e. The molecule has 3 unspecified atom stereocenters. The van der Waals surface area contributed by atoms with E-state index in [1.54, 1.807) is 12.1 Å². The van der Waals surface area contributed by atoms with Crippen molar-refractivity contribution in [2.45, 2.75) is 38.8 Å². The van der Waals surface area contributed by atoms with Crippen molar-refractivity contribution >= 4 is 0 Å². The molecule has 1 heterocycles. The first-order chi connectivity index (χ1) is 8.67. The van der Waals surface area contributed by atoms with Crippen molar-refractivity contribution in [2.75, 3.05) is 13.7 Å². The lowest BCUT2D eigenvalue weighted by molar-refractivity contribution is 0.0782. The summed E-state index contributed by atoms with van der Waals surface area (Å²) in [5.74, 6) is 0.310. The Morgan fingerprint density at radius 2 is 2.28 bits per heavy atom. The molecule has 2 nitrogen and oxygen atoms in total. The van der Waals surface area contributed by atoms with Gasteiger partial charge in [-0.3, -0.25) is 0 Å². The Balaban J connectivity index is 2.27. The molecular weight excluding hydrogens is 229 g/mol. The minimum atomic E-state index is -0.166. The van der Waals surface area contributed by atoms with Gasteiger partial charge in [-0.05, 0) is 50.1 Å². The maximum atomic E-state index is 13.2. The van der Waals surface area contributed by atoms with Crippen LogP contribution in [-0.4, -0.2) is 19.8 Å². The summed E-state index contributed by atoms with van der Waals surface area (Å²) in [6.45, 7) is 4.97. The second-order valence-electron chi connectivity index (χ2n) is 5.04. The highest BCUT2D eigenvalue weighted by atomic mass is 19.1. The summed E-state index contributed by atoms with van der Waals surface area (Å²) >= 11 is 0. The topological polar surface area (TPSA) is 21.3 Å². The maximum Gasteiger partial charge on any atom is 0.123 e. The van der Waals surface area contributed by atoms with Gasteiger partial charge in [-0.1, -0.05) is 13.0 Å². The van der Waals surface area contributed by atoms with Crippen LogP contribution in [0, 0.1) is 18.7 Å². The molecule has 1 aromatic rings. The minimum absolute atomic E-state index is 0.166. The quantitative estimate of drug-likeness (QED) is 0.887. The molecule has 1 saturated heterocycles. The number of rotatable bonds is 4. The summed E-state index contributed by atoms with van der Waals surface area (Å²) in [5, 5.41) is 3.38. The number of hydrogen-bond acceptors (Lipinski definition) is 2. The highest BCUT2D eigenvalue weighted by molar-refractivity contribution is 5.30. The van der Waals surface area contributed by atoms with Crippen LogP contribution < -0.4 is 5.32 Å². The fraction of sp³-hybridized carbons (Fsp3) is 0.600. The fourth-order valence-electron chi connectivity index (χ4n) is 3.06. The molecule has 1 aliphatic rings. The molecule has 18 heavy (non-hydrogen) atoms. The standard InChI is InChI=1S/C15H22FNO/c1-4-14-13(7-8-18-14)15(17-3)12-6-5-11(16)9-10(12)2/h5-6,9,13-15,17H,4,7-8H2,1-3H3. The molecule has 1 aromatic carbocycles. The second-order valence-corrected chi connectivity index (χ2v) is 5.04. The van der Waals surface area contributed by atoms with Gasteiger partial charge in [0.25, 0.3) is 0 Å². The van der Waals surface area contributed by atoms with Gasteiger partial charge < -0.3 is 10.1 Å². The van der Waals surface area contributed by atoms with Crippen LogP contribution in [0.4, 0.5) is 4.39 Å². The second kappa shape index (κ2) is 5.81. The zero-order valence-electron chi connectivity index (χ0n) is 11.4. The van der Waals surface area contributed by atoms with Crippen molar-refractivity contribution in [1.29, 1.82) is 0 Å². The van der Waals surface area contributed by atoms with E-state index in [1.165, 1.54) is 5.56 Å². The number of benzene rings is 1. The highest BCUT2D eigenvalue weighted by Gasteiger charge is 2.34. The monoisotopic (exact) mass is 251 g/mol. The third kappa shape index (κ3) is 2.57. The summed E-state index contributed by atoms with van der Waals surface area (Å²) in [5.41, 5.74) is 2.20. The average molecular weight is 251 g/mol. The van der Waals surface area contributed by atoms with Crippen LogP contribution in [0.3, 0.4) is 0 Å². The van der Waals surface area contributed by atoms with E-state index in [2.05, 4.69) is 12.2 Å². The molecule has 0 spiro atoms. The number of nitrogens with one attached hydrogen (secondary N) is 1. The number of halogens is 1. The molecule has 0 saturated carbocycles. The summed E-state index contributed by atoms with van der Waals surface area (Å²) in [6.07, 6.45) is 2.41. The Bertz CT molecular complexity index is 407. The van der Waals surface area contributed by atoms with Gasteiger partial charge in [-0.15, -0.1) is 0 Å². The third-order valence-electron chi connectivity index (χ3n) is 3.97. The van der Waals surface area contributed by atoms with Gasteiger partial charge in [0, 0.05) is 18.6 Å². The van der Waals surface area contributed by atoms with Crippen molar-refractivity contribution in [3.63, 3.8) is 0 Å². The van der Waals surface area contributed by atoms with E-state index >= 15 is 0 Å². The molecule has 3 heteroatoms. The van der Waals surface area contributed by atoms with E-state index in [4.69, 9.17) is 4.74 Å². The van der Waals surface area contributed by atoms with Gasteiger partial charge in [0.2, 0.25) is 0 Å². The summed E-state index contributed by atoms with van der Waals surface area (Å²) in [4.78, 5) is 0. The maximum absolute atomic E-state index is 13.2. The average Bonchev–Trinajstić information content (AvgIpc) is 2.81. The Kier molecular flexibility index (Phi) is 4.36. The van der Waals surface area contributed by atoms with Crippen molar-refractivity contribution in [3.05, 3.63) is 35.1 Å². The number of aryl methyl sites for hydroxylation is 1. The first-order valence-electron chi connectivity index (χ1n) is 6.72. The van der Waals surface area contributed by atoms with E-state index < -0.39 is 0 Å². The lowest BCUT2D eigenvalue weighted by Gasteiger charge is -2.28. The molecular formula is C15H22FNO. The van der Waals surface area contributed by atoms with Gasteiger partial charge >= 0.3 is 0 Å². The molecule has 0 aliphatic carbocycles. The summed E-state index contributed by atoms with van der Waals surface area (Å²) in [7, 11) is 1.97. The molecule has 3 atom stereocenters. The minimum Gasteiger partial charge on any atom is -0.378 e. The molecule has 0 bridgehead atoms. The van der Waals surface area contributed by atoms with Crippen LogP contribution >= 0.6 is 0 Å². The van der Waals surface area contributed by atoms with Crippen LogP contribution in [-0.2, 0) is 4.74 Å². The predicted molar refractivity (Wildman–Crippen MR) is 71.1 cm³/mol. The molecule has 1 N–H and O–H groups in total. The normalized spacial score (nSPS) is 25.3. The van der Waals surface area contributed by atoms with Gasteiger partial charge in [-0.25, -0.2) is 4.39 Å². The van der Waals surface area contributed by atoms with E-state index in [-0.39, 0.29) is 11.9 Å². The molecule has 0 radical (unpaired) electrons. The Morgan fingerprint density at radius 3 is 2.89 bits per heavy atom. The lowest BCUT2D eigenvalue weighted by Crippen LogP contribution is -2.31. The van der Waals surface area contributed by atoms with Crippen molar-refractivity contribution in [1.82, 2.24) is 5.32 Å². The Labute approximate surface area is 109 Å². The molecule has 100 valence electrons.